The molecule has 1 N–H and O–H groups in total. The Balaban J connectivity index is 2.57. The van der Waals surface area contributed by atoms with Crippen LogP contribution >= 0.6 is 0 Å². The number of hydrogen-bond donors (Lipinski definition) is 1. The van der Waals surface area contributed by atoms with Gasteiger partial charge in [-0.2, -0.15) is 0 Å². The smallest absolute Gasteiger partial charge is 0.233 e. The van der Waals surface area contributed by atoms with Crippen LogP contribution in [0.15, 0.2) is 29.2 Å². The minimum absolute atomic E-state index is 0.113. The maximum Gasteiger partial charge on any atom is 0.233 e. The van der Waals surface area contributed by atoms with Crippen molar-refractivity contribution in [2.45, 2.75) is 37.6 Å². The molecule has 0 aliphatic rings. The molecule has 0 aromatic heterocycles. The van der Waals surface area contributed by atoms with Crippen LogP contribution in [0.2, 0.25) is 0 Å². The van der Waals surface area contributed by atoms with E-state index in [-0.39, 0.29) is 17.7 Å². The summed E-state index contributed by atoms with van der Waals surface area (Å²) in [6.07, 6.45) is 1.68. The molecule has 0 bridgehead atoms. The number of carbonyl (C=O) groups excluding carboxylic acids is 1. The molecule has 1 unspecified atom stereocenters. The first-order valence-corrected chi connectivity index (χ1v) is 7.32. The van der Waals surface area contributed by atoms with Gasteiger partial charge in [-0.15, -0.1) is 0 Å². The highest BCUT2D eigenvalue weighted by Gasteiger charge is 2.13. The molecular formula is C13H18FNO2S. The molecule has 5 heteroatoms. The van der Waals surface area contributed by atoms with E-state index in [0.29, 0.717) is 4.90 Å². The molecule has 1 atom stereocenters. The van der Waals surface area contributed by atoms with Crippen molar-refractivity contribution in [1.29, 1.82) is 0 Å². The van der Waals surface area contributed by atoms with Gasteiger partial charge in [0, 0.05) is 10.9 Å². The van der Waals surface area contributed by atoms with Crippen molar-refractivity contribution in [1.82, 2.24) is 5.32 Å². The fourth-order valence-corrected chi connectivity index (χ4v) is 2.54. The average Bonchev–Trinajstić information content (AvgIpc) is 2.35. The third kappa shape index (κ3) is 4.56. The van der Waals surface area contributed by atoms with Crippen molar-refractivity contribution in [3.05, 3.63) is 30.1 Å². The van der Waals surface area contributed by atoms with Gasteiger partial charge in [-0.3, -0.25) is 9.00 Å². The van der Waals surface area contributed by atoms with Gasteiger partial charge in [0.05, 0.1) is 10.8 Å². The van der Waals surface area contributed by atoms with E-state index in [2.05, 4.69) is 5.32 Å². The molecule has 0 saturated heterocycles. The fourth-order valence-electron chi connectivity index (χ4n) is 1.57. The Morgan fingerprint density at radius 3 is 2.61 bits per heavy atom. The lowest BCUT2D eigenvalue weighted by molar-refractivity contribution is -0.119. The van der Waals surface area contributed by atoms with Crippen LogP contribution in [0.4, 0.5) is 4.39 Å². The van der Waals surface area contributed by atoms with E-state index in [9.17, 15) is 13.4 Å². The summed E-state index contributed by atoms with van der Waals surface area (Å²) in [5.74, 6) is -0.826. The summed E-state index contributed by atoms with van der Waals surface area (Å²) in [5, 5.41) is 2.81. The largest absolute Gasteiger partial charge is 0.353 e. The Kier molecular flexibility index (Phi) is 5.98. The number of carbonyl (C=O) groups is 1. The molecule has 0 aliphatic carbocycles. The van der Waals surface area contributed by atoms with Gasteiger partial charge < -0.3 is 5.32 Å². The normalized spacial score (nSPS) is 12.4. The van der Waals surface area contributed by atoms with Gasteiger partial charge in [0.1, 0.15) is 11.6 Å². The number of amides is 1. The number of rotatable bonds is 6. The van der Waals surface area contributed by atoms with Crippen LogP contribution in [0.25, 0.3) is 0 Å². The number of nitrogens with one attached hydrogen (secondary N) is 1. The molecule has 0 saturated carbocycles. The van der Waals surface area contributed by atoms with E-state index < -0.39 is 16.6 Å². The molecule has 0 fully saturated rings. The highest BCUT2D eigenvalue weighted by atomic mass is 32.2. The van der Waals surface area contributed by atoms with Crippen LogP contribution in [0, 0.1) is 5.82 Å². The molecule has 1 amide bonds. The maximum atomic E-state index is 12.9. The first-order valence-electron chi connectivity index (χ1n) is 6.00. The van der Waals surface area contributed by atoms with Crippen molar-refractivity contribution in [2.75, 3.05) is 5.75 Å². The molecule has 0 heterocycles. The van der Waals surface area contributed by atoms with E-state index in [1.165, 1.54) is 18.2 Å². The van der Waals surface area contributed by atoms with Crippen molar-refractivity contribution in [3.63, 3.8) is 0 Å². The standard InChI is InChI=1S/C13H18FNO2S/c1-3-11(4-2)15-13(16)9-18(17)12-7-5-6-10(14)8-12/h5-8,11H,3-4,9H2,1-2H3,(H,15,16). The van der Waals surface area contributed by atoms with Crippen molar-refractivity contribution in [2.24, 2.45) is 0 Å². The van der Waals surface area contributed by atoms with Crippen LogP contribution in [-0.2, 0) is 15.6 Å². The second kappa shape index (κ2) is 7.26. The Hall–Kier alpha value is -1.23. The van der Waals surface area contributed by atoms with Crippen LogP contribution in [0.5, 0.6) is 0 Å². The second-order valence-corrected chi connectivity index (χ2v) is 5.48. The summed E-state index contributed by atoms with van der Waals surface area (Å²) < 4.78 is 24.8. The maximum absolute atomic E-state index is 12.9. The Morgan fingerprint density at radius 1 is 1.39 bits per heavy atom. The van der Waals surface area contributed by atoms with E-state index >= 15 is 0 Å². The molecule has 0 aliphatic heterocycles. The lowest BCUT2D eigenvalue weighted by atomic mass is 10.2. The first kappa shape index (κ1) is 14.8. The lowest BCUT2D eigenvalue weighted by Crippen LogP contribution is -2.36. The van der Waals surface area contributed by atoms with E-state index in [0.717, 1.165) is 12.8 Å². The van der Waals surface area contributed by atoms with Gasteiger partial charge in [-0.05, 0) is 31.0 Å². The molecular weight excluding hydrogens is 253 g/mol. The topological polar surface area (TPSA) is 46.2 Å². The van der Waals surface area contributed by atoms with Crippen molar-refractivity contribution in [3.8, 4) is 0 Å². The summed E-state index contributed by atoms with van der Waals surface area (Å²) in [6, 6.07) is 5.64. The SMILES string of the molecule is CCC(CC)NC(=O)CS(=O)c1cccc(F)c1. The Morgan fingerprint density at radius 2 is 2.06 bits per heavy atom. The average molecular weight is 271 g/mol. The second-order valence-electron chi connectivity index (χ2n) is 4.03. The minimum atomic E-state index is -1.50. The highest BCUT2D eigenvalue weighted by molar-refractivity contribution is 7.85. The third-order valence-electron chi connectivity index (χ3n) is 2.67. The molecule has 0 radical (unpaired) electrons. The zero-order valence-electron chi connectivity index (χ0n) is 10.6. The quantitative estimate of drug-likeness (QED) is 0.862. The number of halogens is 1. The van der Waals surface area contributed by atoms with Gasteiger partial charge in [-0.25, -0.2) is 4.39 Å². The molecule has 1 rings (SSSR count). The van der Waals surface area contributed by atoms with Crippen LogP contribution in [0.3, 0.4) is 0 Å². The van der Waals surface area contributed by atoms with E-state index in [4.69, 9.17) is 0 Å². The van der Waals surface area contributed by atoms with Crippen LogP contribution in [0.1, 0.15) is 26.7 Å². The number of hydrogen-bond acceptors (Lipinski definition) is 2. The van der Waals surface area contributed by atoms with Gasteiger partial charge in [0.2, 0.25) is 5.91 Å². The van der Waals surface area contributed by atoms with E-state index in [1.807, 2.05) is 13.8 Å². The predicted octanol–water partition coefficient (Wildman–Crippen LogP) is 2.24. The first-order chi connectivity index (χ1) is 8.56. The van der Waals surface area contributed by atoms with Gasteiger partial charge in [0.25, 0.3) is 0 Å². The highest BCUT2D eigenvalue weighted by Crippen LogP contribution is 2.09. The molecule has 1 aromatic carbocycles. The predicted molar refractivity (Wildman–Crippen MR) is 70.2 cm³/mol. The molecule has 18 heavy (non-hydrogen) atoms. The van der Waals surface area contributed by atoms with Crippen molar-refractivity contribution < 1.29 is 13.4 Å². The summed E-state index contributed by atoms with van der Waals surface area (Å²) >= 11 is 0. The molecule has 3 nitrogen and oxygen atoms in total. The Labute approximate surface area is 109 Å². The zero-order chi connectivity index (χ0) is 13.5. The summed E-state index contributed by atoms with van der Waals surface area (Å²) in [7, 11) is -1.50. The molecule has 0 spiro atoms. The van der Waals surface area contributed by atoms with Crippen molar-refractivity contribution >= 4 is 16.7 Å². The number of benzene rings is 1. The summed E-state index contributed by atoms with van der Waals surface area (Å²) in [5.41, 5.74) is 0. The van der Waals surface area contributed by atoms with Gasteiger partial charge in [-0.1, -0.05) is 19.9 Å². The fraction of sp³-hybridized carbons (Fsp3) is 0.462. The van der Waals surface area contributed by atoms with E-state index in [1.54, 1.807) is 6.07 Å². The van der Waals surface area contributed by atoms with Gasteiger partial charge >= 0.3 is 0 Å². The third-order valence-corrected chi connectivity index (χ3v) is 3.98. The zero-order valence-corrected chi connectivity index (χ0v) is 11.4. The molecule has 1 aromatic rings. The summed E-state index contributed by atoms with van der Waals surface area (Å²) in [6.45, 7) is 3.97. The summed E-state index contributed by atoms with van der Waals surface area (Å²) in [4.78, 5) is 12.0. The Bertz CT molecular complexity index is 433. The van der Waals surface area contributed by atoms with Crippen LogP contribution < -0.4 is 5.32 Å². The minimum Gasteiger partial charge on any atom is -0.353 e. The molecule has 100 valence electrons. The monoisotopic (exact) mass is 271 g/mol. The van der Waals surface area contributed by atoms with Gasteiger partial charge in [0.15, 0.2) is 0 Å². The van der Waals surface area contributed by atoms with Crippen LogP contribution in [-0.4, -0.2) is 21.9 Å². The lowest BCUT2D eigenvalue weighted by Gasteiger charge is -2.14.